The predicted molar refractivity (Wildman–Crippen MR) is 51.5 cm³/mol. The maximum Gasteiger partial charge on any atom is 0.342 e. The van der Waals surface area contributed by atoms with E-state index < -0.39 is 32.7 Å². The summed E-state index contributed by atoms with van der Waals surface area (Å²) in [5, 5.41) is 17.2. The van der Waals surface area contributed by atoms with E-state index in [0.29, 0.717) is 0 Å². The molecule has 1 aliphatic heterocycles. The average Bonchev–Trinajstić information content (AvgIpc) is 2.04. The summed E-state index contributed by atoms with van der Waals surface area (Å²) in [4.78, 5) is 21.0. The van der Waals surface area contributed by atoms with Crippen molar-refractivity contribution in [2.24, 2.45) is 0 Å². The average molecular weight is 280 g/mol. The monoisotopic (exact) mass is 280 g/mol. The topological polar surface area (TPSA) is 74.6 Å². The van der Waals surface area contributed by atoms with Gasteiger partial charge >= 0.3 is 11.9 Å². The molecule has 0 spiro atoms. The third kappa shape index (κ3) is 1.79. The summed E-state index contributed by atoms with van der Waals surface area (Å²) in [6, 6.07) is 0. The Hall–Kier alpha value is -0.980. The van der Waals surface area contributed by atoms with Gasteiger partial charge in [0.1, 0.15) is 3.58 Å². The fourth-order valence-electron chi connectivity index (χ4n) is 0.691. The second-order valence-electron chi connectivity index (χ2n) is 1.93. The SMILES string of the molecule is O=C(O)C1=C(C(=O)O)I=CC=C1. The van der Waals surface area contributed by atoms with Crippen LogP contribution in [0.2, 0.25) is 0 Å². The largest absolute Gasteiger partial charge is 0.478 e. The van der Waals surface area contributed by atoms with Gasteiger partial charge in [-0.3, -0.25) is 0 Å². The molecule has 2 N–H and O–H groups in total. The van der Waals surface area contributed by atoms with Crippen molar-refractivity contribution < 1.29 is 19.8 Å². The number of aliphatic carboxylic acids is 2. The molecular weight excluding hydrogens is 275 g/mol. The maximum atomic E-state index is 10.5. The maximum absolute atomic E-state index is 10.5. The molecule has 0 saturated carbocycles. The minimum Gasteiger partial charge on any atom is -0.478 e. The molecule has 1 heterocycles. The molecule has 0 amide bonds. The van der Waals surface area contributed by atoms with Gasteiger partial charge in [0.05, 0.1) is 5.57 Å². The number of rotatable bonds is 2. The first kappa shape index (κ1) is 9.11. The van der Waals surface area contributed by atoms with Crippen molar-refractivity contribution >= 4 is 36.7 Å². The summed E-state index contributed by atoms with van der Waals surface area (Å²) in [6.07, 6.45) is 2.90. The standard InChI is InChI=1S/C7H5IO4/c9-6(10)4-2-1-3-8-5(4)7(11)12/h1-3H,(H,9,10)(H,11,12). The van der Waals surface area contributed by atoms with Crippen molar-refractivity contribution in [3.05, 3.63) is 21.3 Å². The molecule has 1 rings (SSSR count). The van der Waals surface area contributed by atoms with Crippen LogP contribution in [0.25, 0.3) is 0 Å². The zero-order chi connectivity index (χ0) is 9.14. The van der Waals surface area contributed by atoms with Gasteiger partial charge in [-0.1, -0.05) is 26.8 Å². The summed E-state index contributed by atoms with van der Waals surface area (Å²) in [5.41, 5.74) is -0.0854. The van der Waals surface area contributed by atoms with Crippen LogP contribution in [0.5, 0.6) is 0 Å². The fraction of sp³-hybridized carbons (Fsp3) is 0. The van der Waals surface area contributed by atoms with E-state index in [2.05, 4.69) is 0 Å². The Morgan fingerprint density at radius 3 is 2.33 bits per heavy atom. The van der Waals surface area contributed by atoms with Crippen molar-refractivity contribution in [3.63, 3.8) is 0 Å². The van der Waals surface area contributed by atoms with Crippen LogP contribution in [0.4, 0.5) is 0 Å². The Balaban J connectivity index is 3.20. The van der Waals surface area contributed by atoms with Gasteiger partial charge in [-0.15, -0.1) is 0 Å². The Bertz CT molecular complexity index is 292. The fourth-order valence-corrected chi connectivity index (χ4v) is 2.48. The Labute approximate surface area is 78.0 Å². The van der Waals surface area contributed by atoms with Crippen LogP contribution in [-0.4, -0.2) is 26.2 Å². The van der Waals surface area contributed by atoms with E-state index in [1.54, 1.807) is 10.1 Å². The molecule has 0 unspecified atom stereocenters. The van der Waals surface area contributed by atoms with E-state index >= 15 is 0 Å². The smallest absolute Gasteiger partial charge is 0.342 e. The molecule has 0 atom stereocenters. The first-order chi connectivity index (χ1) is 5.63. The molecule has 0 bridgehead atoms. The summed E-state index contributed by atoms with van der Waals surface area (Å²) in [6.45, 7) is 0. The van der Waals surface area contributed by atoms with Gasteiger partial charge in [-0.25, -0.2) is 9.59 Å². The van der Waals surface area contributed by atoms with Crippen molar-refractivity contribution in [2.45, 2.75) is 0 Å². The number of hydrogen-bond acceptors (Lipinski definition) is 2. The molecule has 0 saturated heterocycles. The number of allylic oxidation sites excluding steroid dienone is 1. The van der Waals surface area contributed by atoms with Crippen molar-refractivity contribution in [1.82, 2.24) is 0 Å². The second kappa shape index (κ2) is 3.61. The highest BCUT2D eigenvalue weighted by Crippen LogP contribution is 2.23. The van der Waals surface area contributed by atoms with E-state index in [4.69, 9.17) is 10.2 Å². The lowest BCUT2D eigenvalue weighted by Gasteiger charge is -2.01. The zero-order valence-corrected chi connectivity index (χ0v) is 7.98. The minimum atomic E-state index is -1.17. The minimum absolute atomic E-state index is 0.0452. The van der Waals surface area contributed by atoms with Crippen LogP contribution in [0, 0.1) is 0 Å². The third-order valence-corrected chi connectivity index (χ3v) is 3.60. The number of carboxylic acids is 2. The number of hydrogen-bond donors (Lipinski definition) is 2. The number of carbonyl (C=O) groups is 2. The molecule has 0 aromatic rings. The van der Waals surface area contributed by atoms with Gasteiger partial charge in [0.15, 0.2) is 0 Å². The van der Waals surface area contributed by atoms with Gasteiger partial charge in [0.25, 0.3) is 0 Å². The first-order valence-electron chi connectivity index (χ1n) is 2.97. The van der Waals surface area contributed by atoms with E-state index in [0.717, 1.165) is 0 Å². The third-order valence-electron chi connectivity index (χ3n) is 1.16. The van der Waals surface area contributed by atoms with Crippen molar-refractivity contribution in [1.29, 1.82) is 0 Å². The van der Waals surface area contributed by atoms with Gasteiger partial charge in [-0.2, -0.15) is 0 Å². The highest BCUT2D eigenvalue weighted by atomic mass is 127. The van der Waals surface area contributed by atoms with Crippen molar-refractivity contribution in [2.75, 3.05) is 0 Å². The van der Waals surface area contributed by atoms with Crippen LogP contribution >= 0.6 is 20.7 Å². The van der Waals surface area contributed by atoms with Gasteiger partial charge in [0.2, 0.25) is 0 Å². The molecule has 4 nitrogen and oxygen atoms in total. The number of carboxylic acid groups (broad SMARTS) is 2. The first-order valence-corrected chi connectivity index (χ1v) is 5.29. The highest BCUT2D eigenvalue weighted by Gasteiger charge is 2.17. The zero-order valence-electron chi connectivity index (χ0n) is 5.82. The molecule has 5 heteroatoms. The van der Waals surface area contributed by atoms with Crippen LogP contribution in [0.15, 0.2) is 21.3 Å². The van der Waals surface area contributed by atoms with Crippen LogP contribution in [0.1, 0.15) is 0 Å². The van der Waals surface area contributed by atoms with Crippen molar-refractivity contribution in [3.8, 4) is 0 Å². The molecule has 64 valence electrons. The molecule has 0 aromatic carbocycles. The Kier molecular flexibility index (Phi) is 2.74. The molecule has 0 aliphatic carbocycles. The molecular formula is C7H5IO4. The molecule has 0 fully saturated rings. The second-order valence-corrected chi connectivity index (χ2v) is 4.35. The number of halogens is 1. The van der Waals surface area contributed by atoms with Crippen LogP contribution in [-0.2, 0) is 9.59 Å². The van der Waals surface area contributed by atoms with Gasteiger partial charge in [0, 0.05) is 0 Å². The van der Waals surface area contributed by atoms with E-state index in [1.165, 1.54) is 6.08 Å². The van der Waals surface area contributed by atoms with Crippen LogP contribution in [0.3, 0.4) is 0 Å². The van der Waals surface area contributed by atoms with E-state index in [1.807, 2.05) is 0 Å². The predicted octanol–water partition coefficient (Wildman–Crippen LogP) is 0.752. The molecule has 0 radical (unpaired) electrons. The Morgan fingerprint density at radius 2 is 1.92 bits per heavy atom. The lowest BCUT2D eigenvalue weighted by atomic mass is 10.2. The van der Waals surface area contributed by atoms with E-state index in [-0.39, 0.29) is 9.15 Å². The molecule has 12 heavy (non-hydrogen) atoms. The highest BCUT2D eigenvalue weighted by molar-refractivity contribution is 14.2. The molecule has 0 aromatic heterocycles. The van der Waals surface area contributed by atoms with Gasteiger partial charge < -0.3 is 10.2 Å². The lowest BCUT2D eigenvalue weighted by molar-refractivity contribution is -0.134. The molecule has 1 aliphatic rings. The Morgan fingerprint density at radius 1 is 1.25 bits per heavy atom. The van der Waals surface area contributed by atoms with Crippen LogP contribution < -0.4 is 0 Å². The summed E-state index contributed by atoms with van der Waals surface area (Å²) >= 11 is -0.778. The normalized spacial score (nSPS) is 15.7. The summed E-state index contributed by atoms with van der Waals surface area (Å²) in [7, 11) is 0. The van der Waals surface area contributed by atoms with E-state index in [9.17, 15) is 9.59 Å². The quantitative estimate of drug-likeness (QED) is 0.732. The summed E-state index contributed by atoms with van der Waals surface area (Å²) in [5.74, 6) is -2.29. The lowest BCUT2D eigenvalue weighted by Crippen LogP contribution is -2.07. The van der Waals surface area contributed by atoms with Gasteiger partial charge in [-0.05, 0) is 10.1 Å². The summed E-state index contributed by atoms with van der Waals surface area (Å²) < 4.78 is 1.76.